The van der Waals surface area contributed by atoms with Crippen LogP contribution in [0.3, 0.4) is 0 Å². The SMILES string of the molecule is O=COC(O)[C@@H](O)[C@H](O)C(O)c1nc2ccc(C(F)(F)F)cc2[nH]1. The number of halogens is 3. The number of nitrogens with one attached hydrogen (secondary N) is 1. The summed E-state index contributed by atoms with van der Waals surface area (Å²) in [7, 11) is 0. The number of aromatic nitrogens is 2. The van der Waals surface area contributed by atoms with Crippen molar-refractivity contribution in [1.29, 1.82) is 0 Å². The average molecular weight is 350 g/mol. The Morgan fingerprint density at radius 3 is 2.42 bits per heavy atom. The fourth-order valence-corrected chi connectivity index (χ4v) is 2.00. The molecule has 132 valence electrons. The van der Waals surface area contributed by atoms with Crippen LogP contribution in [0.25, 0.3) is 11.0 Å². The molecule has 0 aliphatic carbocycles. The minimum atomic E-state index is -4.57. The van der Waals surface area contributed by atoms with Crippen molar-refractivity contribution in [3.8, 4) is 0 Å². The highest BCUT2D eigenvalue weighted by molar-refractivity contribution is 5.76. The average Bonchev–Trinajstić information content (AvgIpc) is 2.95. The summed E-state index contributed by atoms with van der Waals surface area (Å²) in [6.45, 7) is -0.174. The van der Waals surface area contributed by atoms with Crippen molar-refractivity contribution in [2.24, 2.45) is 0 Å². The molecular weight excluding hydrogens is 337 g/mol. The second-order valence-corrected chi connectivity index (χ2v) is 4.90. The Labute approximate surface area is 132 Å². The molecular formula is C13H13F3N2O6. The maximum absolute atomic E-state index is 12.6. The molecule has 0 spiro atoms. The summed E-state index contributed by atoms with van der Waals surface area (Å²) in [4.78, 5) is 16.3. The highest BCUT2D eigenvalue weighted by Gasteiger charge is 2.34. The number of carbonyl (C=O) groups excluding carboxylic acids is 1. The third-order valence-electron chi connectivity index (χ3n) is 3.27. The van der Waals surface area contributed by atoms with E-state index in [1.807, 2.05) is 0 Å². The molecule has 8 nitrogen and oxygen atoms in total. The van der Waals surface area contributed by atoms with Gasteiger partial charge in [0.1, 0.15) is 24.1 Å². The van der Waals surface area contributed by atoms with Crippen LogP contribution in [0.5, 0.6) is 0 Å². The summed E-state index contributed by atoms with van der Waals surface area (Å²) in [5.41, 5.74) is -0.899. The number of aliphatic hydroxyl groups is 4. The van der Waals surface area contributed by atoms with Crippen molar-refractivity contribution < 1.29 is 43.1 Å². The van der Waals surface area contributed by atoms with Crippen molar-refractivity contribution in [3.63, 3.8) is 0 Å². The quantitative estimate of drug-likeness (QED) is 0.360. The third kappa shape index (κ3) is 3.64. The van der Waals surface area contributed by atoms with Gasteiger partial charge >= 0.3 is 6.18 Å². The maximum Gasteiger partial charge on any atom is 0.416 e. The number of H-pyrrole nitrogens is 1. The van der Waals surface area contributed by atoms with Gasteiger partial charge in [-0.2, -0.15) is 13.2 Å². The van der Waals surface area contributed by atoms with Crippen LogP contribution in [0.2, 0.25) is 0 Å². The van der Waals surface area contributed by atoms with Gasteiger partial charge in [-0.3, -0.25) is 4.79 Å². The second kappa shape index (κ2) is 6.73. The maximum atomic E-state index is 12.6. The van der Waals surface area contributed by atoms with Crippen LogP contribution >= 0.6 is 0 Å². The number of carbonyl (C=O) groups is 1. The van der Waals surface area contributed by atoms with E-state index >= 15 is 0 Å². The molecule has 0 amide bonds. The van der Waals surface area contributed by atoms with Gasteiger partial charge in [0, 0.05) is 0 Å². The number of ether oxygens (including phenoxy) is 1. The van der Waals surface area contributed by atoms with E-state index in [-0.39, 0.29) is 23.3 Å². The minimum Gasteiger partial charge on any atom is -0.435 e. The summed E-state index contributed by atoms with van der Waals surface area (Å²) in [6.07, 6.45) is -12.6. The van der Waals surface area contributed by atoms with Crippen LogP contribution < -0.4 is 0 Å². The number of hydrogen-bond donors (Lipinski definition) is 5. The lowest BCUT2D eigenvalue weighted by molar-refractivity contribution is -0.198. The molecule has 2 rings (SSSR count). The van der Waals surface area contributed by atoms with Crippen LogP contribution in [0.1, 0.15) is 17.5 Å². The molecule has 0 aliphatic heterocycles. The molecule has 2 unspecified atom stereocenters. The lowest BCUT2D eigenvalue weighted by Crippen LogP contribution is -2.42. The van der Waals surface area contributed by atoms with E-state index < -0.39 is 36.3 Å². The Morgan fingerprint density at radius 1 is 1.17 bits per heavy atom. The van der Waals surface area contributed by atoms with Gasteiger partial charge in [0.05, 0.1) is 16.6 Å². The Morgan fingerprint density at radius 2 is 1.83 bits per heavy atom. The molecule has 0 saturated heterocycles. The predicted octanol–water partition coefficient (Wildman–Crippen LogP) is -0.172. The first kappa shape index (κ1) is 18.1. The number of hydrogen-bond acceptors (Lipinski definition) is 7. The van der Waals surface area contributed by atoms with E-state index in [1.54, 1.807) is 0 Å². The van der Waals surface area contributed by atoms with Gasteiger partial charge in [-0.25, -0.2) is 4.98 Å². The van der Waals surface area contributed by atoms with E-state index in [4.69, 9.17) is 0 Å². The topological polar surface area (TPSA) is 136 Å². The minimum absolute atomic E-state index is 0.0507. The van der Waals surface area contributed by atoms with E-state index in [0.717, 1.165) is 18.2 Å². The van der Waals surface area contributed by atoms with Crippen molar-refractivity contribution in [2.45, 2.75) is 30.8 Å². The van der Waals surface area contributed by atoms with Gasteiger partial charge in [-0.05, 0) is 18.2 Å². The van der Waals surface area contributed by atoms with Gasteiger partial charge in [0.2, 0.25) is 6.29 Å². The Hall–Kier alpha value is -2.21. The van der Waals surface area contributed by atoms with Crippen LogP contribution in [0.4, 0.5) is 13.2 Å². The number of nitrogens with zero attached hydrogens (tertiary/aromatic N) is 1. The van der Waals surface area contributed by atoms with Gasteiger partial charge in [-0.1, -0.05) is 0 Å². The molecule has 24 heavy (non-hydrogen) atoms. The normalized spacial score (nSPS) is 17.3. The van der Waals surface area contributed by atoms with Crippen molar-refractivity contribution in [2.75, 3.05) is 0 Å². The van der Waals surface area contributed by atoms with E-state index in [9.17, 15) is 38.4 Å². The summed E-state index contributed by atoms with van der Waals surface area (Å²) in [6, 6.07) is 2.63. The highest BCUT2D eigenvalue weighted by Crippen LogP contribution is 2.31. The number of rotatable bonds is 6. The van der Waals surface area contributed by atoms with Gasteiger partial charge in [-0.15, -0.1) is 0 Å². The summed E-state index contributed by atoms with van der Waals surface area (Å²) < 4.78 is 42.0. The van der Waals surface area contributed by atoms with E-state index in [0.29, 0.717) is 0 Å². The fourth-order valence-electron chi connectivity index (χ4n) is 2.00. The standard InChI is InChI=1S/C13H13F3N2O6/c14-13(15,16)5-1-2-6-7(3-5)18-11(17-6)9(21)8(20)10(22)12(23)24-4-19/h1-4,8-10,12,20-23H,(H,17,18)/t8-,9?,10+,12?/m1/s1. The zero-order valence-corrected chi connectivity index (χ0v) is 11.8. The number of imidazole rings is 1. The van der Waals surface area contributed by atoms with Crippen molar-refractivity contribution >= 4 is 17.5 Å². The Balaban J connectivity index is 2.26. The zero-order chi connectivity index (χ0) is 18.1. The van der Waals surface area contributed by atoms with Crippen LogP contribution in [0.15, 0.2) is 18.2 Å². The van der Waals surface area contributed by atoms with Crippen LogP contribution in [-0.4, -0.2) is 55.4 Å². The molecule has 0 aliphatic rings. The predicted molar refractivity (Wildman–Crippen MR) is 71.2 cm³/mol. The zero-order valence-electron chi connectivity index (χ0n) is 11.8. The first-order valence-corrected chi connectivity index (χ1v) is 6.53. The first-order chi connectivity index (χ1) is 11.1. The van der Waals surface area contributed by atoms with Gasteiger partial charge in [0.25, 0.3) is 6.47 Å². The summed E-state index contributed by atoms with van der Waals surface area (Å²) >= 11 is 0. The lowest BCUT2D eigenvalue weighted by atomic mass is 10.1. The number of benzene rings is 1. The van der Waals surface area contributed by atoms with Gasteiger partial charge < -0.3 is 30.1 Å². The molecule has 0 saturated carbocycles. The molecule has 1 aromatic heterocycles. The summed E-state index contributed by atoms with van der Waals surface area (Å²) in [5.74, 6) is -0.339. The molecule has 0 fully saturated rings. The first-order valence-electron chi connectivity index (χ1n) is 6.53. The lowest BCUT2D eigenvalue weighted by Gasteiger charge is -2.24. The van der Waals surface area contributed by atoms with Crippen molar-refractivity contribution in [3.05, 3.63) is 29.6 Å². The van der Waals surface area contributed by atoms with Gasteiger partial charge in [0.15, 0.2) is 0 Å². The molecule has 5 N–H and O–H groups in total. The smallest absolute Gasteiger partial charge is 0.416 e. The van der Waals surface area contributed by atoms with Crippen LogP contribution in [-0.2, 0) is 15.7 Å². The monoisotopic (exact) mass is 350 g/mol. The molecule has 1 heterocycles. The Bertz CT molecular complexity index is 719. The fraction of sp³-hybridized carbons (Fsp3) is 0.385. The highest BCUT2D eigenvalue weighted by atomic mass is 19.4. The largest absolute Gasteiger partial charge is 0.435 e. The van der Waals surface area contributed by atoms with Crippen molar-refractivity contribution in [1.82, 2.24) is 9.97 Å². The Kier molecular flexibility index (Phi) is 5.08. The molecule has 0 radical (unpaired) electrons. The molecule has 4 atom stereocenters. The molecule has 1 aromatic carbocycles. The van der Waals surface area contributed by atoms with E-state index in [1.165, 1.54) is 0 Å². The summed E-state index contributed by atoms with van der Waals surface area (Å²) in [5, 5.41) is 38.4. The number of aromatic amines is 1. The second-order valence-electron chi connectivity index (χ2n) is 4.90. The number of aliphatic hydroxyl groups excluding tert-OH is 4. The van der Waals surface area contributed by atoms with Crippen LogP contribution in [0, 0.1) is 0 Å². The molecule has 11 heteroatoms. The molecule has 2 aromatic rings. The number of alkyl halides is 3. The third-order valence-corrected chi connectivity index (χ3v) is 3.27. The van der Waals surface area contributed by atoms with E-state index in [2.05, 4.69) is 14.7 Å². The molecule has 0 bridgehead atoms. The number of fused-ring (bicyclic) bond motifs is 1.